The van der Waals surface area contributed by atoms with Crippen molar-refractivity contribution in [3.63, 3.8) is 0 Å². The Hall–Kier alpha value is -2.37. The van der Waals surface area contributed by atoms with Gasteiger partial charge in [0.1, 0.15) is 0 Å². The SMILES string of the molecule is COC(=O)c1ccc(C)c(NC(=O)C(C)C(N)c2ccccc2)c1.Cl. The highest BCUT2D eigenvalue weighted by molar-refractivity contribution is 5.96. The minimum absolute atomic E-state index is 0. The molecule has 1 amide bonds. The molecule has 0 aliphatic heterocycles. The summed E-state index contributed by atoms with van der Waals surface area (Å²) in [5.74, 6) is -1.07. The van der Waals surface area contributed by atoms with Gasteiger partial charge >= 0.3 is 5.97 Å². The molecule has 25 heavy (non-hydrogen) atoms. The lowest BCUT2D eigenvalue weighted by Gasteiger charge is -2.20. The largest absolute Gasteiger partial charge is 0.465 e. The molecular formula is C19H23ClN2O3. The number of carbonyl (C=O) groups is 2. The van der Waals surface area contributed by atoms with Gasteiger partial charge in [0.05, 0.1) is 18.6 Å². The number of aryl methyl sites for hydroxylation is 1. The van der Waals surface area contributed by atoms with E-state index in [1.165, 1.54) is 7.11 Å². The molecular weight excluding hydrogens is 340 g/mol. The third-order valence-corrected chi connectivity index (χ3v) is 4.05. The first kappa shape index (κ1) is 20.7. The summed E-state index contributed by atoms with van der Waals surface area (Å²) < 4.78 is 4.71. The number of anilines is 1. The number of nitrogens with one attached hydrogen (secondary N) is 1. The van der Waals surface area contributed by atoms with Crippen LogP contribution in [-0.2, 0) is 9.53 Å². The van der Waals surface area contributed by atoms with Gasteiger partial charge in [-0.1, -0.05) is 43.3 Å². The number of amides is 1. The number of hydrogen-bond donors (Lipinski definition) is 2. The first-order chi connectivity index (χ1) is 11.4. The van der Waals surface area contributed by atoms with Gasteiger partial charge in [0.15, 0.2) is 0 Å². The molecule has 2 aromatic rings. The zero-order valence-electron chi connectivity index (χ0n) is 14.5. The van der Waals surface area contributed by atoms with Gasteiger partial charge in [-0.15, -0.1) is 12.4 Å². The number of esters is 1. The Morgan fingerprint density at radius 3 is 2.36 bits per heavy atom. The second-order valence-electron chi connectivity index (χ2n) is 5.74. The van der Waals surface area contributed by atoms with E-state index in [1.54, 1.807) is 25.1 Å². The molecule has 2 atom stereocenters. The molecule has 134 valence electrons. The van der Waals surface area contributed by atoms with Gasteiger partial charge in [-0.2, -0.15) is 0 Å². The van der Waals surface area contributed by atoms with Crippen molar-refractivity contribution in [2.75, 3.05) is 12.4 Å². The average Bonchev–Trinajstić information content (AvgIpc) is 2.62. The highest BCUT2D eigenvalue weighted by Crippen LogP contribution is 2.23. The lowest BCUT2D eigenvalue weighted by atomic mass is 9.94. The molecule has 0 aromatic heterocycles. The molecule has 0 bridgehead atoms. The standard InChI is InChI=1S/C19H22N2O3.ClH/c1-12-9-10-15(19(23)24-3)11-16(12)21-18(22)13(2)17(20)14-7-5-4-6-8-14;/h4-11,13,17H,20H2,1-3H3,(H,21,22);1H. The maximum absolute atomic E-state index is 12.5. The van der Waals surface area contributed by atoms with E-state index in [9.17, 15) is 9.59 Å². The van der Waals surface area contributed by atoms with Crippen molar-refractivity contribution in [1.82, 2.24) is 0 Å². The first-order valence-corrected chi connectivity index (χ1v) is 7.74. The Kier molecular flexibility index (Phi) is 7.61. The third-order valence-electron chi connectivity index (χ3n) is 4.05. The van der Waals surface area contributed by atoms with Crippen molar-refractivity contribution in [1.29, 1.82) is 0 Å². The number of methoxy groups -OCH3 is 1. The van der Waals surface area contributed by atoms with Crippen molar-refractivity contribution >= 4 is 30.0 Å². The predicted molar refractivity (Wildman–Crippen MR) is 101 cm³/mol. The Morgan fingerprint density at radius 1 is 1.12 bits per heavy atom. The maximum atomic E-state index is 12.5. The van der Waals surface area contributed by atoms with Gasteiger partial charge in [-0.05, 0) is 30.2 Å². The van der Waals surface area contributed by atoms with Crippen molar-refractivity contribution in [2.45, 2.75) is 19.9 Å². The molecule has 0 radical (unpaired) electrons. The highest BCUT2D eigenvalue weighted by Gasteiger charge is 2.23. The van der Waals surface area contributed by atoms with E-state index in [-0.39, 0.29) is 18.3 Å². The molecule has 0 aliphatic rings. The summed E-state index contributed by atoms with van der Waals surface area (Å²) in [6.45, 7) is 3.64. The lowest BCUT2D eigenvalue weighted by Crippen LogP contribution is -2.30. The molecule has 6 heteroatoms. The van der Waals surface area contributed by atoms with Crippen LogP contribution in [-0.4, -0.2) is 19.0 Å². The summed E-state index contributed by atoms with van der Waals surface area (Å²) >= 11 is 0. The summed E-state index contributed by atoms with van der Waals surface area (Å²) in [6, 6.07) is 14.1. The number of nitrogens with two attached hydrogens (primary N) is 1. The van der Waals surface area contributed by atoms with Crippen LogP contribution in [0.1, 0.15) is 34.5 Å². The predicted octanol–water partition coefficient (Wildman–Crippen LogP) is 3.48. The van der Waals surface area contributed by atoms with Crippen LogP contribution in [0.3, 0.4) is 0 Å². The molecule has 5 nitrogen and oxygen atoms in total. The minimum Gasteiger partial charge on any atom is -0.465 e. The quantitative estimate of drug-likeness (QED) is 0.798. The van der Waals surface area contributed by atoms with Gasteiger partial charge in [0.2, 0.25) is 5.91 Å². The van der Waals surface area contributed by atoms with E-state index < -0.39 is 17.9 Å². The van der Waals surface area contributed by atoms with Crippen LogP contribution in [0.2, 0.25) is 0 Å². The molecule has 0 heterocycles. The Morgan fingerprint density at radius 2 is 1.76 bits per heavy atom. The zero-order chi connectivity index (χ0) is 17.7. The third kappa shape index (κ3) is 5.05. The van der Waals surface area contributed by atoms with Crippen molar-refractivity contribution in [3.05, 3.63) is 65.2 Å². The summed E-state index contributed by atoms with van der Waals surface area (Å²) in [6.07, 6.45) is 0. The molecule has 2 rings (SSSR count). The van der Waals surface area contributed by atoms with Crippen LogP contribution < -0.4 is 11.1 Å². The monoisotopic (exact) mass is 362 g/mol. The average molecular weight is 363 g/mol. The Balaban J connectivity index is 0.00000312. The number of carbonyl (C=O) groups excluding carboxylic acids is 2. The molecule has 2 unspecified atom stereocenters. The van der Waals surface area contributed by atoms with E-state index >= 15 is 0 Å². The second kappa shape index (κ2) is 9.20. The summed E-state index contributed by atoms with van der Waals surface area (Å²) in [7, 11) is 1.32. The number of hydrogen-bond acceptors (Lipinski definition) is 4. The van der Waals surface area contributed by atoms with Crippen LogP contribution in [0, 0.1) is 12.8 Å². The van der Waals surface area contributed by atoms with Crippen LogP contribution in [0.15, 0.2) is 48.5 Å². The molecule has 3 N–H and O–H groups in total. The Labute approximate surface area is 154 Å². The summed E-state index contributed by atoms with van der Waals surface area (Å²) in [5, 5.41) is 2.85. The number of rotatable bonds is 5. The fourth-order valence-electron chi connectivity index (χ4n) is 2.38. The van der Waals surface area contributed by atoms with Gasteiger partial charge in [0, 0.05) is 11.7 Å². The number of benzene rings is 2. The molecule has 0 aliphatic carbocycles. The topological polar surface area (TPSA) is 81.4 Å². The van der Waals surface area contributed by atoms with E-state index in [1.807, 2.05) is 37.3 Å². The van der Waals surface area contributed by atoms with E-state index in [0.717, 1.165) is 11.1 Å². The maximum Gasteiger partial charge on any atom is 0.337 e. The lowest BCUT2D eigenvalue weighted by molar-refractivity contribution is -0.120. The van der Waals surface area contributed by atoms with E-state index in [2.05, 4.69) is 5.32 Å². The van der Waals surface area contributed by atoms with Crippen LogP contribution >= 0.6 is 12.4 Å². The van der Waals surface area contributed by atoms with Crippen molar-refractivity contribution in [3.8, 4) is 0 Å². The van der Waals surface area contributed by atoms with Crippen LogP contribution in [0.5, 0.6) is 0 Å². The van der Waals surface area contributed by atoms with Gasteiger partial charge in [0.25, 0.3) is 0 Å². The fourth-order valence-corrected chi connectivity index (χ4v) is 2.38. The van der Waals surface area contributed by atoms with Gasteiger partial charge in [-0.25, -0.2) is 4.79 Å². The molecule has 0 fully saturated rings. The van der Waals surface area contributed by atoms with Crippen molar-refractivity contribution in [2.24, 2.45) is 11.7 Å². The summed E-state index contributed by atoms with van der Waals surface area (Å²) in [4.78, 5) is 24.2. The van der Waals surface area contributed by atoms with Crippen molar-refractivity contribution < 1.29 is 14.3 Å². The Bertz CT molecular complexity index is 735. The van der Waals surface area contributed by atoms with Gasteiger partial charge < -0.3 is 15.8 Å². The molecule has 0 saturated carbocycles. The smallest absolute Gasteiger partial charge is 0.337 e. The van der Waals surface area contributed by atoms with E-state index in [0.29, 0.717) is 11.3 Å². The van der Waals surface area contributed by atoms with Gasteiger partial charge in [-0.3, -0.25) is 4.79 Å². The van der Waals surface area contributed by atoms with E-state index in [4.69, 9.17) is 10.5 Å². The zero-order valence-corrected chi connectivity index (χ0v) is 15.3. The van der Waals surface area contributed by atoms with Crippen LogP contribution in [0.25, 0.3) is 0 Å². The fraction of sp³-hybridized carbons (Fsp3) is 0.263. The second-order valence-corrected chi connectivity index (χ2v) is 5.74. The summed E-state index contributed by atoms with van der Waals surface area (Å²) in [5.41, 5.74) is 8.92. The molecule has 0 spiro atoms. The molecule has 0 saturated heterocycles. The van der Waals surface area contributed by atoms with Crippen LogP contribution in [0.4, 0.5) is 5.69 Å². The minimum atomic E-state index is -0.445. The highest BCUT2D eigenvalue weighted by atomic mass is 35.5. The number of halogens is 1. The first-order valence-electron chi connectivity index (χ1n) is 7.74. The molecule has 2 aromatic carbocycles. The normalized spacial score (nSPS) is 12.5. The number of ether oxygens (including phenoxy) is 1.